The Balaban J connectivity index is 0.000000392. The van der Waals surface area contributed by atoms with Crippen LogP contribution in [0, 0.1) is 5.92 Å². The summed E-state index contributed by atoms with van der Waals surface area (Å²) in [5.41, 5.74) is 0.603. The van der Waals surface area contributed by atoms with Crippen LogP contribution >= 0.6 is 7.60 Å². The first-order valence-electron chi connectivity index (χ1n) is 27.2. The third kappa shape index (κ3) is 28.3. The zero-order chi connectivity index (χ0) is 63.3. The molecule has 5 rings (SSSR count). The first-order valence-corrected chi connectivity index (χ1v) is 28.8. The van der Waals surface area contributed by atoms with Gasteiger partial charge in [-0.25, -0.2) is 38.4 Å². The van der Waals surface area contributed by atoms with Gasteiger partial charge < -0.3 is 67.4 Å². The summed E-state index contributed by atoms with van der Waals surface area (Å²) in [7, 11) is 1.98. The Morgan fingerprint density at radius 3 is 1.37 bits per heavy atom. The number of methoxy groups -OCH3 is 3. The highest BCUT2D eigenvalue weighted by Gasteiger charge is 2.43. The van der Waals surface area contributed by atoms with Gasteiger partial charge in [-0.2, -0.15) is 0 Å². The van der Waals surface area contributed by atoms with Crippen LogP contribution in [-0.2, 0) is 83.9 Å². The molecule has 5 amide bonds. The summed E-state index contributed by atoms with van der Waals surface area (Å²) in [6.07, 6.45) is 0.399. The third-order valence-corrected chi connectivity index (χ3v) is 13.9. The highest BCUT2D eigenvalue weighted by molar-refractivity contribution is 7.55. The van der Waals surface area contributed by atoms with Crippen LogP contribution in [0.2, 0.25) is 0 Å². The van der Waals surface area contributed by atoms with Crippen molar-refractivity contribution in [2.75, 3.05) is 74.8 Å². The van der Waals surface area contributed by atoms with Gasteiger partial charge in [0, 0.05) is 53.2 Å². The quantitative estimate of drug-likeness (QED) is 0.0604. The number of piperidine rings is 3. The maximum atomic E-state index is 12.3. The molecule has 2 atom stereocenters. The average Bonchev–Trinajstić information content (AvgIpc) is 3.67. The summed E-state index contributed by atoms with van der Waals surface area (Å²) in [6, 6.07) is 18.3. The minimum absolute atomic E-state index is 0.0686. The van der Waals surface area contributed by atoms with E-state index in [0.29, 0.717) is 57.4 Å². The molecule has 4 N–H and O–H groups in total. The topological polar surface area (TPSA) is 318 Å². The molecule has 3 fully saturated rings. The Bertz CT molecular complexity index is 2510. The number of esters is 3. The van der Waals surface area contributed by atoms with Crippen molar-refractivity contribution in [2.24, 2.45) is 5.92 Å². The lowest BCUT2D eigenvalue weighted by molar-refractivity contribution is -0.145. The lowest BCUT2D eigenvalue weighted by Crippen LogP contribution is -2.50. The van der Waals surface area contributed by atoms with Crippen LogP contribution in [0.5, 0.6) is 0 Å². The Morgan fingerprint density at radius 2 is 0.976 bits per heavy atom. The number of ether oxygens (including phenoxy) is 8. The normalized spacial score (nSPS) is 15.3. The van der Waals surface area contributed by atoms with Crippen molar-refractivity contribution < 1.29 is 94.7 Å². The molecule has 3 saturated heterocycles. The largest absolute Gasteiger partial charge is 0.467 e. The summed E-state index contributed by atoms with van der Waals surface area (Å²) < 4.78 is 61.3. The van der Waals surface area contributed by atoms with E-state index in [2.05, 4.69) is 35.1 Å². The molecule has 0 saturated carbocycles. The molecule has 2 aromatic carbocycles. The Kier molecular flexibility index (Phi) is 31.0. The van der Waals surface area contributed by atoms with Crippen LogP contribution < -0.4 is 21.3 Å². The number of ketones is 1. The van der Waals surface area contributed by atoms with Crippen molar-refractivity contribution in [3.63, 3.8) is 0 Å². The fraction of sp³-hybridized carbons (Fsp3) is 0.596. The number of Topliss-reactive ketones (excluding diaryl/α,β-unsaturated/α-hetero) is 1. The second-order valence-electron chi connectivity index (χ2n) is 21.9. The minimum Gasteiger partial charge on any atom is -0.467 e. The molecular weight excluding hydrogens is 1120 g/mol. The number of nitrogens with one attached hydrogen (secondary N) is 4. The van der Waals surface area contributed by atoms with E-state index in [9.17, 15) is 47.7 Å². The maximum Gasteiger partial charge on any atom is 0.412 e. The monoisotopic (exact) mass is 1210 g/mol. The molecule has 84 heavy (non-hydrogen) atoms. The second-order valence-corrected chi connectivity index (χ2v) is 24.2. The number of hydrogen-bond donors (Lipinski definition) is 4. The fourth-order valence-electron chi connectivity index (χ4n) is 7.75. The standard InChI is InChI=1S/C21H28N2O6.C13H24N2O4.C13H15NO3.C10H20NO7P/c1-21(2,3)29-19(25)22-17(18(24)27-4)16-10-12-23(13-11-16)20(26)28-14-15-8-6-5-7-9-15;1-13(2,3)19-12(17)15-10(11(16)18-4)9-5-7-14-8-6-9;15-12-6-8-14(9-7-12)13(16)17-10-11-4-2-1-3-5-11;1-10(2,3)18-9(13)11-7(8(12)15-4)19(14,16-5)17-6/h5-9H,10-14H2,1-4H3,(H,22,25);9-10,14H,5-8H2,1-4H3,(H,15,17);1-5H,6-10H2;7H,1-6H3,(H,11,13). The molecule has 470 valence electrons. The van der Waals surface area contributed by atoms with Crippen molar-refractivity contribution in [3.05, 3.63) is 83.1 Å². The second kappa shape index (κ2) is 35.8. The molecule has 0 bridgehead atoms. The Morgan fingerprint density at radius 1 is 0.571 bits per heavy atom. The summed E-state index contributed by atoms with van der Waals surface area (Å²) in [5, 5.41) is 10.5. The number of rotatable bonds is 14. The first kappa shape index (κ1) is 72.8. The van der Waals surface area contributed by atoms with Crippen molar-refractivity contribution in [1.82, 2.24) is 31.1 Å². The number of nitrogens with zero attached hydrogens (tertiary/aromatic N) is 2. The van der Waals surface area contributed by atoms with E-state index in [0.717, 1.165) is 58.4 Å². The van der Waals surface area contributed by atoms with Crippen molar-refractivity contribution >= 4 is 61.8 Å². The highest BCUT2D eigenvalue weighted by Crippen LogP contribution is 2.51. The summed E-state index contributed by atoms with van der Waals surface area (Å²) in [4.78, 5) is 109. The van der Waals surface area contributed by atoms with Crippen molar-refractivity contribution in [3.8, 4) is 0 Å². The SMILES string of the molecule is COC(=O)C(NC(=O)OC(C)(C)C)=C1CCN(C(=O)OCc2ccccc2)CC1.COC(=O)C(NC(=O)OC(C)(C)C)C1CCNCC1.COC(=O)C(NC(=O)OC(C)(C)C)P(=O)(OC)OC.O=C1CCN(C(=O)OCc2ccccc2)CC1. The number of likely N-dealkylation sites (tertiary alicyclic amines) is 2. The van der Waals surface area contributed by atoms with E-state index < -0.39 is 78.5 Å². The van der Waals surface area contributed by atoms with Crippen molar-refractivity contribution in [1.29, 1.82) is 0 Å². The smallest absolute Gasteiger partial charge is 0.412 e. The van der Waals surface area contributed by atoms with Gasteiger partial charge in [-0.3, -0.25) is 20.0 Å². The predicted molar refractivity (Wildman–Crippen MR) is 306 cm³/mol. The van der Waals surface area contributed by atoms with E-state index in [-0.39, 0.29) is 36.7 Å². The van der Waals surface area contributed by atoms with Gasteiger partial charge in [-0.1, -0.05) is 60.7 Å². The zero-order valence-electron chi connectivity index (χ0n) is 50.9. The minimum atomic E-state index is -3.87. The number of amides is 5. The summed E-state index contributed by atoms with van der Waals surface area (Å²) >= 11 is 0. The lowest BCUT2D eigenvalue weighted by Gasteiger charge is -2.30. The number of carbonyl (C=O) groups excluding carboxylic acids is 9. The van der Waals surface area contributed by atoms with Crippen LogP contribution in [0.3, 0.4) is 0 Å². The molecule has 26 nitrogen and oxygen atoms in total. The van der Waals surface area contributed by atoms with Crippen LogP contribution in [0.4, 0.5) is 24.0 Å². The number of alkyl carbamates (subject to hydrolysis) is 3. The first-order chi connectivity index (χ1) is 39.4. The fourth-order valence-corrected chi connectivity index (χ4v) is 8.95. The molecule has 3 heterocycles. The van der Waals surface area contributed by atoms with E-state index in [1.165, 1.54) is 14.2 Å². The van der Waals surface area contributed by atoms with Gasteiger partial charge in [0.05, 0.1) is 21.3 Å². The molecule has 3 aliphatic rings. The molecule has 3 aliphatic heterocycles. The predicted octanol–water partition coefficient (Wildman–Crippen LogP) is 7.91. The van der Waals surface area contributed by atoms with Crippen LogP contribution in [0.1, 0.15) is 112 Å². The van der Waals surface area contributed by atoms with Gasteiger partial charge in [-0.05, 0) is 124 Å². The highest BCUT2D eigenvalue weighted by atomic mass is 31.2. The molecular formula is C57H87N6O20P. The Hall–Kier alpha value is -7.28. The van der Waals surface area contributed by atoms with Gasteiger partial charge in [-0.15, -0.1) is 0 Å². The summed E-state index contributed by atoms with van der Waals surface area (Å²) in [5.74, 6) is -3.32. The van der Waals surface area contributed by atoms with Crippen molar-refractivity contribution in [2.45, 2.75) is 143 Å². The third-order valence-electron chi connectivity index (χ3n) is 11.9. The maximum absolute atomic E-state index is 12.3. The van der Waals surface area contributed by atoms with E-state index in [4.69, 9.17) is 33.2 Å². The van der Waals surface area contributed by atoms with Gasteiger partial charge in [0.1, 0.15) is 47.5 Å². The molecule has 0 spiro atoms. The molecule has 2 aromatic rings. The zero-order valence-corrected chi connectivity index (χ0v) is 51.8. The number of hydrogen-bond acceptors (Lipinski definition) is 21. The van der Waals surface area contributed by atoms with Crippen LogP contribution in [0.15, 0.2) is 71.9 Å². The Labute approximate surface area is 492 Å². The van der Waals surface area contributed by atoms with Gasteiger partial charge in [0.2, 0.25) is 5.78 Å². The molecule has 0 aliphatic carbocycles. The molecule has 2 unspecified atom stereocenters. The average molecular weight is 1210 g/mol. The van der Waals surface area contributed by atoms with E-state index in [1.807, 2.05) is 60.7 Å². The van der Waals surface area contributed by atoms with Crippen LogP contribution in [0.25, 0.3) is 0 Å². The van der Waals surface area contributed by atoms with Gasteiger partial charge >= 0.3 is 56.0 Å². The lowest BCUT2D eigenvalue weighted by atomic mass is 9.90. The van der Waals surface area contributed by atoms with E-state index in [1.54, 1.807) is 72.1 Å². The molecule has 0 aromatic heterocycles. The van der Waals surface area contributed by atoms with E-state index >= 15 is 0 Å². The molecule has 0 radical (unpaired) electrons. The van der Waals surface area contributed by atoms with Crippen LogP contribution in [-0.4, -0.2) is 167 Å². The number of benzene rings is 2. The molecule has 27 heteroatoms. The van der Waals surface area contributed by atoms with Gasteiger partial charge in [0.15, 0.2) is 0 Å². The van der Waals surface area contributed by atoms with Gasteiger partial charge in [0.25, 0.3) is 0 Å². The summed E-state index contributed by atoms with van der Waals surface area (Å²) in [6.45, 7) is 19.4. The number of carbonyl (C=O) groups is 9.